The summed E-state index contributed by atoms with van der Waals surface area (Å²) in [6, 6.07) is 0. The predicted octanol–water partition coefficient (Wildman–Crippen LogP) is 1.68. The van der Waals surface area contributed by atoms with Crippen molar-refractivity contribution in [3.8, 4) is 5.88 Å². The van der Waals surface area contributed by atoms with Gasteiger partial charge in [-0.15, -0.1) is 10.2 Å². The molecule has 3 heterocycles. The first-order valence-corrected chi connectivity index (χ1v) is 6.83. The van der Waals surface area contributed by atoms with Gasteiger partial charge in [0.15, 0.2) is 0 Å². The summed E-state index contributed by atoms with van der Waals surface area (Å²) in [7, 11) is 1.53. The van der Waals surface area contributed by atoms with Gasteiger partial charge in [0.2, 0.25) is 22.9 Å². The number of aryl methyl sites for hydroxylation is 3. The van der Waals surface area contributed by atoms with Crippen molar-refractivity contribution in [1.29, 1.82) is 0 Å². The summed E-state index contributed by atoms with van der Waals surface area (Å²) in [6.45, 7) is 2.51. The summed E-state index contributed by atoms with van der Waals surface area (Å²) in [6.07, 6.45) is 2.91. The topological polar surface area (TPSA) is 91.8 Å². The molecule has 0 aromatic carbocycles. The Kier molecular flexibility index (Phi) is 3.70. The van der Waals surface area contributed by atoms with E-state index >= 15 is 0 Å². The molecular weight excluding hydrogens is 296 g/mol. The van der Waals surface area contributed by atoms with Gasteiger partial charge in [0.05, 0.1) is 19.9 Å². The van der Waals surface area contributed by atoms with Crippen LogP contribution in [0.5, 0.6) is 5.88 Å². The molecule has 0 bridgehead atoms. The molecule has 3 aromatic rings. The summed E-state index contributed by atoms with van der Waals surface area (Å²) < 4.78 is 12.4. The van der Waals surface area contributed by atoms with Gasteiger partial charge < -0.3 is 9.15 Å². The van der Waals surface area contributed by atoms with Crippen molar-refractivity contribution in [2.45, 2.75) is 26.3 Å². The van der Waals surface area contributed by atoms with E-state index in [1.54, 1.807) is 10.9 Å². The van der Waals surface area contributed by atoms with Crippen molar-refractivity contribution in [3.05, 3.63) is 23.3 Å². The van der Waals surface area contributed by atoms with Gasteiger partial charge in [0.1, 0.15) is 11.0 Å². The molecule has 3 rings (SSSR count). The van der Waals surface area contributed by atoms with E-state index in [1.807, 2.05) is 6.92 Å². The third kappa shape index (κ3) is 2.66. The van der Waals surface area contributed by atoms with Crippen molar-refractivity contribution < 1.29 is 9.15 Å². The number of ether oxygens (including phenoxy) is 1. The lowest BCUT2D eigenvalue weighted by Crippen LogP contribution is -2.05. The number of hydrogen-bond acceptors (Lipinski definition) is 7. The van der Waals surface area contributed by atoms with Crippen LogP contribution in [0.15, 0.2) is 10.6 Å². The van der Waals surface area contributed by atoms with Crippen LogP contribution in [0.2, 0.25) is 5.28 Å². The molecule has 110 valence electrons. The van der Waals surface area contributed by atoms with Crippen LogP contribution in [-0.4, -0.2) is 37.1 Å². The second-order valence-corrected chi connectivity index (χ2v) is 4.63. The van der Waals surface area contributed by atoms with E-state index in [9.17, 15) is 0 Å². The molecule has 0 aliphatic heterocycles. The fraction of sp³-hybridized carbons (Fsp3) is 0.417. The Morgan fingerprint density at radius 1 is 1.29 bits per heavy atom. The van der Waals surface area contributed by atoms with Gasteiger partial charge in [-0.3, -0.25) is 4.68 Å². The third-order valence-electron chi connectivity index (χ3n) is 2.97. The first-order valence-electron chi connectivity index (χ1n) is 6.45. The second-order valence-electron chi connectivity index (χ2n) is 4.30. The van der Waals surface area contributed by atoms with Crippen molar-refractivity contribution >= 4 is 22.6 Å². The molecule has 0 saturated heterocycles. The van der Waals surface area contributed by atoms with E-state index in [0.29, 0.717) is 41.7 Å². The van der Waals surface area contributed by atoms with Crippen LogP contribution < -0.4 is 4.74 Å². The molecule has 0 fully saturated rings. The van der Waals surface area contributed by atoms with Gasteiger partial charge in [-0.2, -0.15) is 10.1 Å². The SMILES string of the molecule is CCc1nnc(CCn2ncc3nc(Cl)nc(OC)c32)o1. The van der Waals surface area contributed by atoms with Crippen molar-refractivity contribution in [1.82, 2.24) is 29.9 Å². The molecule has 0 saturated carbocycles. The smallest absolute Gasteiger partial charge is 0.244 e. The molecule has 0 aliphatic carbocycles. The van der Waals surface area contributed by atoms with Gasteiger partial charge in [-0.1, -0.05) is 6.92 Å². The second kappa shape index (κ2) is 5.65. The Morgan fingerprint density at radius 3 is 2.81 bits per heavy atom. The van der Waals surface area contributed by atoms with E-state index < -0.39 is 0 Å². The van der Waals surface area contributed by atoms with Crippen LogP contribution in [0.4, 0.5) is 0 Å². The molecular formula is C12H13ClN6O2. The Labute approximate surface area is 125 Å². The molecule has 9 heteroatoms. The highest BCUT2D eigenvalue weighted by molar-refractivity contribution is 6.28. The first-order chi connectivity index (χ1) is 10.2. The Hall–Kier alpha value is -2.22. The molecule has 0 unspecified atom stereocenters. The van der Waals surface area contributed by atoms with Gasteiger partial charge in [0, 0.05) is 12.8 Å². The zero-order valence-corrected chi connectivity index (χ0v) is 12.3. The highest BCUT2D eigenvalue weighted by Crippen LogP contribution is 2.23. The summed E-state index contributed by atoms with van der Waals surface area (Å²) in [5, 5.41) is 12.3. The normalized spacial score (nSPS) is 11.2. The molecule has 0 atom stereocenters. The maximum Gasteiger partial charge on any atom is 0.244 e. The monoisotopic (exact) mass is 308 g/mol. The lowest BCUT2D eigenvalue weighted by Gasteiger charge is -2.05. The van der Waals surface area contributed by atoms with E-state index in [0.717, 1.165) is 6.42 Å². The van der Waals surface area contributed by atoms with E-state index in [2.05, 4.69) is 25.3 Å². The lowest BCUT2D eigenvalue weighted by atomic mass is 10.4. The Balaban J connectivity index is 1.87. The molecule has 0 radical (unpaired) electrons. The summed E-state index contributed by atoms with van der Waals surface area (Å²) in [4.78, 5) is 8.16. The zero-order valence-electron chi connectivity index (χ0n) is 11.6. The molecule has 8 nitrogen and oxygen atoms in total. The van der Waals surface area contributed by atoms with E-state index in [4.69, 9.17) is 20.8 Å². The fourth-order valence-electron chi connectivity index (χ4n) is 1.98. The number of aromatic nitrogens is 6. The molecule has 0 aliphatic rings. The minimum Gasteiger partial charge on any atom is -0.479 e. The zero-order chi connectivity index (χ0) is 14.8. The van der Waals surface area contributed by atoms with Crippen molar-refractivity contribution in [3.63, 3.8) is 0 Å². The number of hydrogen-bond donors (Lipinski definition) is 0. The summed E-state index contributed by atoms with van der Waals surface area (Å²) in [5.41, 5.74) is 1.32. The minimum atomic E-state index is 0.128. The predicted molar refractivity (Wildman–Crippen MR) is 74.3 cm³/mol. The van der Waals surface area contributed by atoms with Gasteiger partial charge in [0.25, 0.3) is 0 Å². The number of nitrogens with zero attached hydrogens (tertiary/aromatic N) is 6. The van der Waals surface area contributed by atoms with Crippen LogP contribution >= 0.6 is 11.6 Å². The Bertz CT molecular complexity index is 768. The first kappa shape index (κ1) is 13.7. The largest absolute Gasteiger partial charge is 0.479 e. The van der Waals surface area contributed by atoms with Crippen molar-refractivity contribution in [2.75, 3.05) is 7.11 Å². The molecule has 0 N–H and O–H groups in total. The lowest BCUT2D eigenvalue weighted by molar-refractivity contribution is 0.397. The number of rotatable bonds is 5. The number of fused-ring (bicyclic) bond motifs is 1. The highest BCUT2D eigenvalue weighted by atomic mass is 35.5. The molecule has 0 spiro atoms. The van der Waals surface area contributed by atoms with Crippen LogP contribution in [-0.2, 0) is 19.4 Å². The van der Waals surface area contributed by atoms with Gasteiger partial charge >= 0.3 is 0 Å². The molecule has 3 aromatic heterocycles. The average Bonchev–Trinajstić information content (AvgIpc) is 3.10. The van der Waals surface area contributed by atoms with Crippen LogP contribution in [0.1, 0.15) is 18.7 Å². The quantitative estimate of drug-likeness (QED) is 0.662. The standard InChI is InChI=1S/C12H13ClN6O2/c1-3-8-17-18-9(21-8)4-5-19-10-7(6-14-19)15-12(13)16-11(10)20-2/h6H,3-5H2,1-2H3. The van der Waals surface area contributed by atoms with E-state index in [1.165, 1.54) is 7.11 Å². The van der Waals surface area contributed by atoms with Crippen LogP contribution in [0.25, 0.3) is 11.0 Å². The Morgan fingerprint density at radius 2 is 2.10 bits per heavy atom. The minimum absolute atomic E-state index is 0.128. The third-order valence-corrected chi connectivity index (χ3v) is 3.14. The fourth-order valence-corrected chi connectivity index (χ4v) is 2.15. The van der Waals surface area contributed by atoms with Crippen molar-refractivity contribution in [2.24, 2.45) is 0 Å². The van der Waals surface area contributed by atoms with Crippen LogP contribution in [0.3, 0.4) is 0 Å². The average molecular weight is 309 g/mol. The number of methoxy groups -OCH3 is 1. The summed E-state index contributed by atoms with van der Waals surface area (Å²) in [5.74, 6) is 1.59. The summed E-state index contributed by atoms with van der Waals surface area (Å²) >= 11 is 5.83. The van der Waals surface area contributed by atoms with Gasteiger partial charge in [-0.05, 0) is 11.6 Å². The number of halogens is 1. The maximum atomic E-state index is 5.83. The maximum absolute atomic E-state index is 5.83. The van der Waals surface area contributed by atoms with Crippen LogP contribution in [0, 0.1) is 0 Å². The van der Waals surface area contributed by atoms with Gasteiger partial charge in [-0.25, -0.2) is 4.98 Å². The molecule has 21 heavy (non-hydrogen) atoms. The van der Waals surface area contributed by atoms with E-state index in [-0.39, 0.29) is 5.28 Å². The molecule has 0 amide bonds. The highest BCUT2D eigenvalue weighted by Gasteiger charge is 2.14.